The third-order valence-corrected chi connectivity index (χ3v) is 6.58. The highest BCUT2D eigenvalue weighted by atomic mass is 16.2. The van der Waals surface area contributed by atoms with Crippen LogP contribution >= 0.6 is 0 Å². The Morgan fingerprint density at radius 2 is 1.51 bits per heavy atom. The molecule has 1 heterocycles. The molecule has 12 heteroatoms. The number of anilines is 1. The Morgan fingerprint density at radius 3 is 2.20 bits per heavy atom. The smallest absolute Gasteiger partial charge is 0.362 e. The van der Waals surface area contributed by atoms with Crippen LogP contribution in [0.25, 0.3) is 0 Å². The number of hydrazone groups is 1. The first-order valence-corrected chi connectivity index (χ1v) is 12.8. The number of carbonyl (C=O) groups is 2. The molecule has 10 N–H and O–H groups in total. The molecule has 0 aromatic heterocycles. The molecule has 0 saturated carbocycles. The van der Waals surface area contributed by atoms with Gasteiger partial charge >= 0.3 is 5.96 Å². The van der Waals surface area contributed by atoms with Gasteiger partial charge in [-0.1, -0.05) is 48.5 Å². The number of rotatable bonds is 7. The minimum absolute atomic E-state index is 0.0278. The molecule has 41 heavy (non-hydrogen) atoms. The molecule has 0 unspecified atom stereocenters. The SMILES string of the molecule is C/C(=N\N=C(N)N)c1ccc(C(=O)N2Cc3ccccc3C[C@H]2C(=O)Nc2cccc(/C(C)=N/[NH+]=C(N)N)c2)cc1. The molecule has 2 amide bonds. The summed E-state index contributed by atoms with van der Waals surface area (Å²) >= 11 is 0. The van der Waals surface area contributed by atoms with Crippen LogP contribution in [-0.2, 0) is 17.8 Å². The average molecular weight is 554 g/mol. The molecule has 0 bridgehead atoms. The summed E-state index contributed by atoms with van der Waals surface area (Å²) in [5, 5.41) is 17.3. The number of benzene rings is 3. The second kappa shape index (κ2) is 12.6. The Kier molecular flexibility index (Phi) is 8.72. The normalized spacial score (nSPS) is 15.0. The molecule has 3 aromatic carbocycles. The number of nitrogens with two attached hydrogens (primary N) is 4. The van der Waals surface area contributed by atoms with E-state index in [9.17, 15) is 9.59 Å². The van der Waals surface area contributed by atoms with Crippen LogP contribution < -0.4 is 33.4 Å². The molecule has 1 aliphatic rings. The summed E-state index contributed by atoms with van der Waals surface area (Å²) < 4.78 is 0. The van der Waals surface area contributed by atoms with E-state index in [2.05, 4.69) is 25.7 Å². The largest absolute Gasteiger partial charge is 0.369 e. The standard InChI is InChI=1S/C29H32N10O2/c1-17(35-37-28(30)31)19-10-12-20(13-11-19)27(41)39-16-23-7-4-3-6-22(23)15-25(39)26(40)34-24-9-5-8-21(14-24)18(2)36-38-29(32)33/h3-14,25H,15-16H2,1-2H3,(H,34,40)(H4,30,31,37)(H4,32,33,38)/p+1/b35-17+,36-18+/t25-/m0/s1. The van der Waals surface area contributed by atoms with Crippen LogP contribution in [0.4, 0.5) is 5.69 Å². The summed E-state index contributed by atoms with van der Waals surface area (Å²) in [6, 6.07) is 21.2. The first-order valence-electron chi connectivity index (χ1n) is 12.8. The Morgan fingerprint density at radius 1 is 0.829 bits per heavy atom. The van der Waals surface area contributed by atoms with Crippen LogP contribution in [0.15, 0.2) is 88.1 Å². The molecule has 210 valence electrons. The number of hydrogen-bond acceptors (Lipinski definition) is 5. The summed E-state index contributed by atoms with van der Waals surface area (Å²) in [5.41, 5.74) is 27.3. The van der Waals surface area contributed by atoms with Gasteiger partial charge in [-0.3, -0.25) is 21.1 Å². The van der Waals surface area contributed by atoms with Gasteiger partial charge in [0.1, 0.15) is 6.04 Å². The Labute approximate surface area is 237 Å². The van der Waals surface area contributed by atoms with Crippen LogP contribution in [0.2, 0.25) is 0 Å². The van der Waals surface area contributed by atoms with E-state index >= 15 is 0 Å². The topological polar surface area (TPSA) is 205 Å². The van der Waals surface area contributed by atoms with E-state index in [1.165, 1.54) is 0 Å². The third-order valence-electron chi connectivity index (χ3n) is 6.58. The fraction of sp³-hybridized carbons (Fsp3) is 0.172. The molecule has 3 aromatic rings. The van der Waals surface area contributed by atoms with Gasteiger partial charge in [0.2, 0.25) is 11.9 Å². The van der Waals surface area contributed by atoms with Crippen LogP contribution in [0.5, 0.6) is 0 Å². The molecular weight excluding hydrogens is 520 g/mol. The zero-order valence-electron chi connectivity index (χ0n) is 22.8. The van der Waals surface area contributed by atoms with Crippen molar-refractivity contribution in [3.05, 3.63) is 101 Å². The molecule has 0 saturated heterocycles. The van der Waals surface area contributed by atoms with Crippen molar-refractivity contribution < 1.29 is 14.7 Å². The van der Waals surface area contributed by atoms with Crippen molar-refractivity contribution >= 4 is 40.8 Å². The van der Waals surface area contributed by atoms with E-state index in [1.54, 1.807) is 61.2 Å². The summed E-state index contributed by atoms with van der Waals surface area (Å²) in [7, 11) is 0. The van der Waals surface area contributed by atoms with Gasteiger partial charge < -0.3 is 21.7 Å². The van der Waals surface area contributed by atoms with E-state index in [0.717, 1.165) is 22.3 Å². The maximum Gasteiger partial charge on any atom is 0.362 e. The third kappa shape index (κ3) is 7.12. The molecule has 1 atom stereocenters. The molecule has 4 rings (SSSR count). The predicted octanol–water partition coefficient (Wildman–Crippen LogP) is -0.0322. The number of carbonyl (C=O) groups excluding carboxylic acids is 2. The first-order chi connectivity index (χ1) is 19.6. The molecule has 0 aliphatic carbocycles. The van der Waals surface area contributed by atoms with Gasteiger partial charge in [-0.25, -0.2) is 0 Å². The Balaban J connectivity index is 1.59. The number of nitrogens with zero attached hydrogens (tertiary/aromatic N) is 4. The highest BCUT2D eigenvalue weighted by Crippen LogP contribution is 2.26. The maximum absolute atomic E-state index is 13.8. The van der Waals surface area contributed by atoms with Crippen molar-refractivity contribution in [1.82, 2.24) is 4.90 Å². The van der Waals surface area contributed by atoms with Crippen molar-refractivity contribution in [3.8, 4) is 0 Å². The van der Waals surface area contributed by atoms with E-state index in [-0.39, 0.29) is 23.7 Å². The second-order valence-corrected chi connectivity index (χ2v) is 9.54. The number of guanidine groups is 2. The van der Waals surface area contributed by atoms with E-state index in [4.69, 9.17) is 22.9 Å². The zero-order valence-corrected chi connectivity index (χ0v) is 22.8. The van der Waals surface area contributed by atoms with Gasteiger partial charge in [0.05, 0.1) is 11.4 Å². The second-order valence-electron chi connectivity index (χ2n) is 9.54. The van der Waals surface area contributed by atoms with Crippen molar-refractivity contribution in [2.75, 3.05) is 5.32 Å². The summed E-state index contributed by atoms with van der Waals surface area (Å²) in [5.74, 6) is -0.731. The minimum atomic E-state index is -0.728. The van der Waals surface area contributed by atoms with Crippen molar-refractivity contribution in [2.45, 2.75) is 32.9 Å². The molecule has 0 fully saturated rings. The van der Waals surface area contributed by atoms with Crippen LogP contribution in [0.3, 0.4) is 0 Å². The average Bonchev–Trinajstić information content (AvgIpc) is 2.97. The predicted molar refractivity (Wildman–Crippen MR) is 160 cm³/mol. The van der Waals surface area contributed by atoms with Gasteiger partial charge in [-0.05, 0) is 54.8 Å². The lowest BCUT2D eigenvalue weighted by Crippen LogP contribution is -2.72. The quantitative estimate of drug-likeness (QED) is 0.134. The summed E-state index contributed by atoms with van der Waals surface area (Å²) in [6.07, 6.45) is 0.381. The zero-order chi connectivity index (χ0) is 29.5. The minimum Gasteiger partial charge on any atom is -0.369 e. The molecule has 12 nitrogen and oxygen atoms in total. The molecule has 0 spiro atoms. The van der Waals surface area contributed by atoms with Crippen LogP contribution in [-0.4, -0.2) is 46.1 Å². The van der Waals surface area contributed by atoms with Crippen molar-refractivity contribution in [3.63, 3.8) is 0 Å². The van der Waals surface area contributed by atoms with Gasteiger partial charge in [0.25, 0.3) is 5.91 Å². The monoisotopic (exact) mass is 553 g/mol. The van der Waals surface area contributed by atoms with E-state index < -0.39 is 6.04 Å². The van der Waals surface area contributed by atoms with Crippen molar-refractivity contribution in [1.29, 1.82) is 0 Å². The summed E-state index contributed by atoms with van der Waals surface area (Å²) in [4.78, 5) is 29.0. The number of hydrogen-bond donors (Lipinski definition) is 6. The lowest BCUT2D eigenvalue weighted by molar-refractivity contribution is -0.464. The molecular formula is C29H33N10O2+. The molecule has 0 radical (unpaired) electrons. The maximum atomic E-state index is 13.8. The highest BCUT2D eigenvalue weighted by molar-refractivity contribution is 6.04. The van der Waals surface area contributed by atoms with Gasteiger partial charge in [0, 0.05) is 29.8 Å². The van der Waals surface area contributed by atoms with Crippen LogP contribution in [0, 0.1) is 0 Å². The Bertz CT molecular complexity index is 1570. The fourth-order valence-corrected chi connectivity index (χ4v) is 4.44. The Hall–Kier alpha value is -5.52. The summed E-state index contributed by atoms with van der Waals surface area (Å²) in [6.45, 7) is 3.85. The van der Waals surface area contributed by atoms with Crippen molar-refractivity contribution in [2.24, 2.45) is 38.2 Å². The lowest BCUT2D eigenvalue weighted by Gasteiger charge is -2.36. The first kappa shape index (κ1) is 28.5. The number of fused-ring (bicyclic) bond motifs is 1. The van der Waals surface area contributed by atoms with E-state index in [1.807, 2.05) is 30.3 Å². The van der Waals surface area contributed by atoms with Crippen LogP contribution in [0.1, 0.15) is 46.5 Å². The lowest BCUT2D eigenvalue weighted by atomic mass is 9.92. The fourth-order valence-electron chi connectivity index (χ4n) is 4.44. The van der Waals surface area contributed by atoms with Gasteiger partial charge in [-0.15, -0.1) is 10.2 Å². The number of nitrogens with one attached hydrogen (secondary N) is 2. The van der Waals surface area contributed by atoms with Gasteiger partial charge in [-0.2, -0.15) is 10.2 Å². The molecule has 1 aliphatic heterocycles. The van der Waals surface area contributed by atoms with E-state index in [0.29, 0.717) is 35.6 Å². The van der Waals surface area contributed by atoms with Gasteiger partial charge in [0.15, 0.2) is 0 Å². The highest BCUT2D eigenvalue weighted by Gasteiger charge is 2.35. The number of amides is 2.